The van der Waals surface area contributed by atoms with Crippen molar-refractivity contribution in [1.29, 1.82) is 0 Å². The summed E-state index contributed by atoms with van der Waals surface area (Å²) in [6, 6.07) is 2.69. The molecule has 2 atom stereocenters. The van der Waals surface area contributed by atoms with Gasteiger partial charge in [0, 0.05) is 38.5 Å². The summed E-state index contributed by atoms with van der Waals surface area (Å²) >= 11 is 5.97. The van der Waals surface area contributed by atoms with Gasteiger partial charge in [-0.25, -0.2) is 4.98 Å². The Labute approximate surface area is 247 Å². The topological polar surface area (TPSA) is 107 Å². The van der Waals surface area contributed by atoms with E-state index in [9.17, 15) is 4.55 Å². The van der Waals surface area contributed by atoms with Crippen LogP contribution in [0, 0.1) is 0 Å². The highest BCUT2D eigenvalue weighted by molar-refractivity contribution is 9.13. The van der Waals surface area contributed by atoms with Gasteiger partial charge in [0.15, 0.2) is 0 Å². The molecular weight excluding hydrogens is 656 g/mol. The molecule has 0 saturated carbocycles. The molecule has 38 heavy (non-hydrogen) atoms. The Kier molecular flexibility index (Phi) is 12.0. The predicted octanol–water partition coefficient (Wildman–Crippen LogP) is 6.65. The van der Waals surface area contributed by atoms with E-state index in [0.29, 0.717) is 43.3 Å². The van der Waals surface area contributed by atoms with Crippen molar-refractivity contribution < 1.29 is 23.3 Å². The van der Waals surface area contributed by atoms with Gasteiger partial charge in [0.2, 0.25) is 5.79 Å². The van der Waals surface area contributed by atoms with Gasteiger partial charge in [0.1, 0.15) is 44.5 Å². The van der Waals surface area contributed by atoms with Crippen molar-refractivity contribution in [1.82, 2.24) is 19.4 Å². The van der Waals surface area contributed by atoms with Crippen LogP contribution in [0.3, 0.4) is 0 Å². The molecule has 1 aliphatic heterocycles. The lowest BCUT2D eigenvalue weighted by Crippen LogP contribution is -2.42. The minimum Gasteiger partial charge on any atom is -0.598 e. The fourth-order valence-corrected chi connectivity index (χ4v) is 6.42. The van der Waals surface area contributed by atoms with Crippen LogP contribution < -0.4 is 4.72 Å². The van der Waals surface area contributed by atoms with E-state index >= 15 is 0 Å². The molecule has 3 rings (SSSR count). The number of hydrogen-bond acceptors (Lipinski definition) is 8. The molecule has 1 aliphatic rings. The first kappa shape index (κ1) is 32.3. The molecule has 1 N–H and O–H groups in total. The first-order chi connectivity index (χ1) is 17.8. The van der Waals surface area contributed by atoms with Crippen LogP contribution in [0.25, 0.3) is 0 Å². The molecule has 216 valence electrons. The van der Waals surface area contributed by atoms with Crippen LogP contribution >= 0.6 is 31.9 Å². The van der Waals surface area contributed by atoms with Gasteiger partial charge in [0.25, 0.3) is 0 Å². The van der Waals surface area contributed by atoms with Gasteiger partial charge in [-0.3, -0.25) is 4.57 Å². The summed E-state index contributed by atoms with van der Waals surface area (Å²) in [5.41, 5.74) is 0.681. The number of nitrogens with zero attached hydrogens (tertiary/aromatic N) is 3. The highest BCUT2D eigenvalue weighted by Gasteiger charge is 2.40. The normalized spacial score (nSPS) is 17.7. The van der Waals surface area contributed by atoms with Gasteiger partial charge in [0.05, 0.1) is 13.2 Å². The Morgan fingerprint density at radius 1 is 1.21 bits per heavy atom. The van der Waals surface area contributed by atoms with E-state index in [-0.39, 0.29) is 6.04 Å². The van der Waals surface area contributed by atoms with Gasteiger partial charge in [-0.2, -0.15) is 0 Å². The molecular formula is C25H42Br2N4O5SSi. The molecule has 0 spiro atoms. The molecule has 3 heterocycles. The summed E-state index contributed by atoms with van der Waals surface area (Å²) in [6.07, 6.45) is 5.76. The summed E-state index contributed by atoms with van der Waals surface area (Å²) in [5.74, 6) is -0.0201. The largest absolute Gasteiger partial charge is 0.598 e. The van der Waals surface area contributed by atoms with E-state index in [4.69, 9.17) is 23.7 Å². The molecule has 0 bridgehead atoms. The van der Waals surface area contributed by atoms with Crippen LogP contribution in [-0.4, -0.2) is 51.9 Å². The molecule has 1 fully saturated rings. The van der Waals surface area contributed by atoms with Crippen molar-refractivity contribution in [2.75, 3.05) is 19.8 Å². The predicted molar refractivity (Wildman–Crippen MR) is 159 cm³/mol. The summed E-state index contributed by atoms with van der Waals surface area (Å²) in [6.45, 7) is 15.1. The van der Waals surface area contributed by atoms with E-state index in [1.807, 2.05) is 25.3 Å². The zero-order chi connectivity index (χ0) is 28.0. The maximum atomic E-state index is 13.1. The fourth-order valence-electron chi connectivity index (χ4n) is 4.06. The van der Waals surface area contributed by atoms with Gasteiger partial charge in [-0.15, -0.1) is 4.72 Å². The van der Waals surface area contributed by atoms with E-state index in [1.54, 1.807) is 12.3 Å². The molecule has 1 unspecified atom stereocenters. The Bertz CT molecular complexity index is 991. The first-order valence-electron chi connectivity index (χ1n) is 13.2. The third-order valence-corrected chi connectivity index (χ3v) is 11.5. The van der Waals surface area contributed by atoms with Crippen LogP contribution in [0.2, 0.25) is 25.7 Å². The lowest BCUT2D eigenvalue weighted by Gasteiger charge is -2.28. The van der Waals surface area contributed by atoms with Gasteiger partial charge >= 0.3 is 0 Å². The zero-order valence-corrected chi connectivity index (χ0v) is 28.3. The van der Waals surface area contributed by atoms with Crippen LogP contribution in [0.1, 0.15) is 70.4 Å². The SMILES string of the molecule is CC(C)(C)[S+]([O-])N[C@@H](CCCCCC1(c2ccon2)OCCO1)c1nc(Br)c(Br)n1COCC[Si](C)(C)C. The molecule has 0 aliphatic carbocycles. The number of nitrogens with one attached hydrogen (secondary N) is 1. The minimum absolute atomic E-state index is 0.207. The van der Waals surface area contributed by atoms with Crippen LogP contribution in [-0.2, 0) is 38.1 Å². The summed E-state index contributed by atoms with van der Waals surface area (Å²) in [4.78, 5) is 4.79. The zero-order valence-electron chi connectivity index (χ0n) is 23.4. The Hall–Kier alpha value is -0.253. The lowest BCUT2D eigenvalue weighted by atomic mass is 10.0. The molecule has 0 amide bonds. The van der Waals surface area contributed by atoms with E-state index in [1.165, 1.54) is 0 Å². The number of aromatic nitrogens is 3. The smallest absolute Gasteiger partial charge is 0.215 e. The third kappa shape index (κ3) is 9.13. The Morgan fingerprint density at radius 3 is 2.53 bits per heavy atom. The standard InChI is InChI=1S/C25H42Br2N4O5SSi/c1-24(2,3)37(32)30-19(23-28-21(26)22(27)31(23)18-33-16-17-38(4,5)6)10-8-7-9-12-25(34-14-15-35-25)20-11-13-36-29-20/h11,13,19,30H,7-10,12,14-18H2,1-6H3/t19-,37?/m0/s1. The maximum absolute atomic E-state index is 13.1. The second-order valence-corrected chi connectivity index (χ2v) is 20.9. The van der Waals surface area contributed by atoms with Gasteiger partial charge in [-0.1, -0.05) is 37.6 Å². The second-order valence-electron chi connectivity index (χ2n) is 11.8. The monoisotopic (exact) mass is 696 g/mol. The van der Waals surface area contributed by atoms with Crippen molar-refractivity contribution in [2.45, 2.75) is 102 Å². The molecule has 9 nitrogen and oxygen atoms in total. The average molecular weight is 699 g/mol. The van der Waals surface area contributed by atoms with E-state index < -0.39 is 30.0 Å². The maximum Gasteiger partial charge on any atom is 0.215 e. The van der Waals surface area contributed by atoms with Crippen LogP contribution in [0.4, 0.5) is 0 Å². The van der Waals surface area contributed by atoms with E-state index in [2.05, 4.69) is 61.4 Å². The molecule has 1 saturated heterocycles. The molecule has 2 aromatic rings. The molecule has 2 aromatic heterocycles. The lowest BCUT2D eigenvalue weighted by molar-refractivity contribution is -0.175. The van der Waals surface area contributed by atoms with Crippen molar-refractivity contribution in [3.63, 3.8) is 0 Å². The van der Waals surface area contributed by atoms with Crippen molar-refractivity contribution in [3.05, 3.63) is 33.1 Å². The van der Waals surface area contributed by atoms with E-state index in [0.717, 1.165) is 42.2 Å². The number of imidazole rings is 1. The summed E-state index contributed by atoms with van der Waals surface area (Å²) < 4.78 is 42.6. The molecule has 0 radical (unpaired) electrons. The minimum atomic E-state index is -1.26. The highest BCUT2D eigenvalue weighted by atomic mass is 79.9. The Balaban J connectivity index is 1.65. The molecule has 13 heteroatoms. The number of halogens is 2. The number of unbranched alkanes of at least 4 members (excludes halogenated alkanes) is 2. The van der Waals surface area contributed by atoms with Crippen molar-refractivity contribution in [3.8, 4) is 0 Å². The summed E-state index contributed by atoms with van der Waals surface area (Å²) in [7, 11) is -1.19. The molecule has 0 aromatic carbocycles. The van der Waals surface area contributed by atoms with Crippen molar-refractivity contribution >= 4 is 51.3 Å². The van der Waals surface area contributed by atoms with Crippen LogP contribution in [0.5, 0.6) is 0 Å². The highest BCUT2D eigenvalue weighted by Crippen LogP contribution is 2.36. The first-order valence-corrected chi connectivity index (χ1v) is 19.6. The fraction of sp³-hybridized carbons (Fsp3) is 0.760. The summed E-state index contributed by atoms with van der Waals surface area (Å²) in [5, 5.41) is 4.06. The number of ether oxygens (including phenoxy) is 3. The number of rotatable bonds is 15. The second kappa shape index (κ2) is 14.1. The number of hydrogen-bond donors (Lipinski definition) is 1. The average Bonchev–Trinajstić information content (AvgIpc) is 3.57. The quantitative estimate of drug-likeness (QED) is 0.125. The van der Waals surface area contributed by atoms with Crippen molar-refractivity contribution in [2.24, 2.45) is 0 Å². The van der Waals surface area contributed by atoms with Gasteiger partial charge in [-0.05, 0) is 71.5 Å². The Morgan fingerprint density at radius 2 is 1.92 bits per heavy atom. The van der Waals surface area contributed by atoms with Gasteiger partial charge < -0.3 is 23.3 Å². The van der Waals surface area contributed by atoms with Crippen LogP contribution in [0.15, 0.2) is 26.1 Å². The third-order valence-electron chi connectivity index (χ3n) is 6.31.